The SMILES string of the molecule is COc1ccc(-c2ccc(Oc3nn[nH]c3C(C)=O)cc2OC)c(OC)n1. The molecule has 0 atom stereocenters. The zero-order valence-corrected chi connectivity index (χ0v) is 15.3. The molecule has 0 spiro atoms. The van der Waals surface area contributed by atoms with Gasteiger partial charge < -0.3 is 18.9 Å². The molecule has 3 aromatic rings. The molecule has 0 bridgehead atoms. The highest BCUT2D eigenvalue weighted by atomic mass is 16.5. The topological polar surface area (TPSA) is 108 Å². The number of hydrogen-bond acceptors (Lipinski definition) is 8. The number of carbonyl (C=O) groups is 1. The number of nitrogens with one attached hydrogen (secondary N) is 1. The molecule has 0 saturated heterocycles. The highest BCUT2D eigenvalue weighted by Gasteiger charge is 2.17. The van der Waals surface area contributed by atoms with Crippen molar-refractivity contribution in [2.75, 3.05) is 21.3 Å². The third kappa shape index (κ3) is 3.66. The van der Waals surface area contributed by atoms with E-state index in [0.29, 0.717) is 23.3 Å². The van der Waals surface area contributed by atoms with E-state index in [1.807, 2.05) is 6.07 Å². The Hall–Kier alpha value is -3.62. The molecule has 1 aromatic carbocycles. The number of carbonyl (C=O) groups excluding carboxylic acids is 1. The van der Waals surface area contributed by atoms with Crippen LogP contribution in [0.5, 0.6) is 29.1 Å². The average molecular weight is 370 g/mol. The number of hydrogen-bond donors (Lipinski definition) is 1. The molecule has 0 fully saturated rings. The van der Waals surface area contributed by atoms with E-state index in [1.165, 1.54) is 21.1 Å². The molecule has 2 aromatic heterocycles. The molecule has 9 heteroatoms. The summed E-state index contributed by atoms with van der Waals surface area (Å²) >= 11 is 0. The lowest BCUT2D eigenvalue weighted by Crippen LogP contribution is -1.98. The fourth-order valence-electron chi connectivity index (χ4n) is 2.49. The number of methoxy groups -OCH3 is 3. The van der Waals surface area contributed by atoms with Crippen LogP contribution in [0.4, 0.5) is 0 Å². The predicted molar refractivity (Wildman–Crippen MR) is 95.8 cm³/mol. The molecule has 0 aliphatic rings. The second-order valence-electron chi connectivity index (χ2n) is 5.42. The lowest BCUT2D eigenvalue weighted by Gasteiger charge is -2.14. The largest absolute Gasteiger partial charge is 0.496 e. The van der Waals surface area contributed by atoms with E-state index in [-0.39, 0.29) is 17.4 Å². The van der Waals surface area contributed by atoms with Crippen LogP contribution in [0.25, 0.3) is 11.1 Å². The fourth-order valence-corrected chi connectivity index (χ4v) is 2.49. The first-order valence-electron chi connectivity index (χ1n) is 7.94. The summed E-state index contributed by atoms with van der Waals surface area (Å²) in [5.41, 5.74) is 1.68. The minimum absolute atomic E-state index is 0.0981. The Kier molecular flexibility index (Phi) is 5.20. The third-order valence-corrected chi connectivity index (χ3v) is 3.78. The van der Waals surface area contributed by atoms with Crippen LogP contribution in [-0.4, -0.2) is 47.5 Å². The van der Waals surface area contributed by atoms with Crippen molar-refractivity contribution in [3.63, 3.8) is 0 Å². The number of Topliss-reactive ketones (excluding diaryl/α,β-unsaturated/α-hetero) is 1. The van der Waals surface area contributed by atoms with Crippen molar-refractivity contribution in [1.82, 2.24) is 20.4 Å². The summed E-state index contributed by atoms with van der Waals surface area (Å²) < 4.78 is 21.6. The molecule has 0 radical (unpaired) electrons. The minimum atomic E-state index is -0.229. The van der Waals surface area contributed by atoms with Crippen molar-refractivity contribution in [3.05, 3.63) is 36.0 Å². The van der Waals surface area contributed by atoms with Gasteiger partial charge in [-0.2, -0.15) is 4.98 Å². The van der Waals surface area contributed by atoms with Crippen LogP contribution in [0, 0.1) is 0 Å². The molecule has 0 amide bonds. The van der Waals surface area contributed by atoms with Crippen LogP contribution in [-0.2, 0) is 0 Å². The Morgan fingerprint density at radius 1 is 0.963 bits per heavy atom. The second kappa shape index (κ2) is 7.73. The van der Waals surface area contributed by atoms with Crippen molar-refractivity contribution < 1.29 is 23.7 Å². The first kappa shape index (κ1) is 18.2. The molecule has 3 rings (SSSR count). The van der Waals surface area contributed by atoms with Crippen molar-refractivity contribution in [3.8, 4) is 40.3 Å². The number of aromatic amines is 1. The summed E-state index contributed by atoms with van der Waals surface area (Å²) in [6.07, 6.45) is 0. The molecule has 27 heavy (non-hydrogen) atoms. The summed E-state index contributed by atoms with van der Waals surface area (Å²) in [6.45, 7) is 1.40. The number of nitrogens with zero attached hydrogens (tertiary/aromatic N) is 3. The van der Waals surface area contributed by atoms with Gasteiger partial charge in [0.05, 0.1) is 21.3 Å². The molecule has 0 unspecified atom stereocenters. The number of rotatable bonds is 7. The number of H-pyrrole nitrogens is 1. The summed E-state index contributed by atoms with van der Waals surface area (Å²) in [5.74, 6) is 1.68. The van der Waals surface area contributed by atoms with Gasteiger partial charge in [-0.15, -0.1) is 0 Å². The highest BCUT2D eigenvalue weighted by Crippen LogP contribution is 2.39. The Balaban J connectivity index is 1.98. The van der Waals surface area contributed by atoms with Gasteiger partial charge in [0.2, 0.25) is 11.8 Å². The second-order valence-corrected chi connectivity index (χ2v) is 5.42. The molecular weight excluding hydrogens is 352 g/mol. The standard InChI is InChI=1S/C18H18N4O5/c1-10(23)16-18(21-22-20-16)27-11-5-6-12(14(9-11)24-2)13-7-8-15(25-3)19-17(13)26-4/h5-9H,1-4H3,(H,20,21,22). The fraction of sp³-hybridized carbons (Fsp3) is 0.222. The number of pyridine rings is 1. The molecule has 0 saturated carbocycles. The van der Waals surface area contributed by atoms with E-state index < -0.39 is 0 Å². The lowest BCUT2D eigenvalue weighted by molar-refractivity contribution is 0.101. The smallest absolute Gasteiger partial charge is 0.269 e. The number of benzene rings is 1. The van der Waals surface area contributed by atoms with Crippen LogP contribution in [0.2, 0.25) is 0 Å². The van der Waals surface area contributed by atoms with Crippen molar-refractivity contribution in [2.24, 2.45) is 0 Å². The third-order valence-electron chi connectivity index (χ3n) is 3.78. The van der Waals surface area contributed by atoms with Gasteiger partial charge in [-0.25, -0.2) is 0 Å². The zero-order valence-electron chi connectivity index (χ0n) is 15.3. The van der Waals surface area contributed by atoms with Gasteiger partial charge in [-0.3, -0.25) is 9.89 Å². The van der Waals surface area contributed by atoms with E-state index >= 15 is 0 Å². The molecule has 140 valence electrons. The molecule has 9 nitrogen and oxygen atoms in total. The zero-order chi connectivity index (χ0) is 19.4. The van der Waals surface area contributed by atoms with Gasteiger partial charge in [0.15, 0.2) is 11.5 Å². The Morgan fingerprint density at radius 2 is 1.74 bits per heavy atom. The van der Waals surface area contributed by atoms with E-state index in [0.717, 1.165) is 11.1 Å². The minimum Gasteiger partial charge on any atom is -0.496 e. The van der Waals surface area contributed by atoms with Crippen molar-refractivity contribution >= 4 is 5.78 Å². The Bertz CT molecular complexity index is 970. The predicted octanol–water partition coefficient (Wildman–Crippen LogP) is 2.89. The number of ketones is 1. The summed E-state index contributed by atoms with van der Waals surface area (Å²) in [7, 11) is 4.61. The maximum atomic E-state index is 11.6. The molecule has 1 N–H and O–H groups in total. The van der Waals surface area contributed by atoms with Gasteiger partial charge in [0.1, 0.15) is 11.5 Å². The molecule has 0 aliphatic heterocycles. The van der Waals surface area contributed by atoms with Crippen LogP contribution >= 0.6 is 0 Å². The summed E-state index contributed by atoms with van der Waals surface area (Å²) in [5, 5.41) is 9.89. The van der Waals surface area contributed by atoms with E-state index in [2.05, 4.69) is 20.4 Å². The maximum absolute atomic E-state index is 11.6. The molecular formula is C18H18N4O5. The maximum Gasteiger partial charge on any atom is 0.269 e. The van der Waals surface area contributed by atoms with Crippen LogP contribution in [0.3, 0.4) is 0 Å². The van der Waals surface area contributed by atoms with Crippen molar-refractivity contribution in [2.45, 2.75) is 6.92 Å². The normalized spacial score (nSPS) is 10.4. The first-order chi connectivity index (χ1) is 13.1. The first-order valence-corrected chi connectivity index (χ1v) is 7.94. The number of aromatic nitrogens is 4. The van der Waals surface area contributed by atoms with Gasteiger partial charge >= 0.3 is 0 Å². The highest BCUT2D eigenvalue weighted by molar-refractivity contribution is 5.94. The summed E-state index contributed by atoms with van der Waals surface area (Å²) in [6, 6.07) is 8.76. The Labute approximate surface area is 155 Å². The van der Waals surface area contributed by atoms with E-state index in [4.69, 9.17) is 18.9 Å². The van der Waals surface area contributed by atoms with E-state index in [1.54, 1.807) is 31.4 Å². The van der Waals surface area contributed by atoms with Gasteiger partial charge in [0, 0.05) is 30.2 Å². The van der Waals surface area contributed by atoms with E-state index in [9.17, 15) is 4.79 Å². The molecule has 0 aliphatic carbocycles. The quantitative estimate of drug-likeness (QED) is 0.633. The van der Waals surface area contributed by atoms with Crippen LogP contribution in [0.15, 0.2) is 30.3 Å². The van der Waals surface area contributed by atoms with Gasteiger partial charge in [-0.1, -0.05) is 10.3 Å². The van der Waals surface area contributed by atoms with Crippen LogP contribution in [0.1, 0.15) is 17.4 Å². The van der Waals surface area contributed by atoms with Gasteiger partial charge in [-0.05, 0) is 18.2 Å². The monoisotopic (exact) mass is 370 g/mol. The molecule has 2 heterocycles. The summed E-state index contributed by atoms with van der Waals surface area (Å²) in [4.78, 5) is 15.8. The average Bonchev–Trinajstić information content (AvgIpc) is 3.15. The number of ether oxygens (including phenoxy) is 4. The Morgan fingerprint density at radius 3 is 2.41 bits per heavy atom. The van der Waals surface area contributed by atoms with Gasteiger partial charge in [0.25, 0.3) is 5.88 Å². The van der Waals surface area contributed by atoms with Crippen molar-refractivity contribution in [1.29, 1.82) is 0 Å². The lowest BCUT2D eigenvalue weighted by atomic mass is 10.1. The van der Waals surface area contributed by atoms with Crippen LogP contribution < -0.4 is 18.9 Å².